The number of carbonyl (C=O) groups excluding carboxylic acids is 1. The van der Waals surface area contributed by atoms with Crippen LogP contribution in [0.15, 0.2) is 24.3 Å². The maximum absolute atomic E-state index is 12.1. The third-order valence-electron chi connectivity index (χ3n) is 1.72. The normalized spacial score (nSPS) is 9.83. The zero-order valence-corrected chi connectivity index (χ0v) is 7.01. The Hall–Kier alpha value is -1.18. The van der Waals surface area contributed by atoms with Crippen LogP contribution in [0.2, 0.25) is 0 Å². The Balaban J connectivity index is 2.78. The smallest absolute Gasteiger partial charge is 0.255 e. The van der Waals surface area contributed by atoms with Crippen LogP contribution in [0.1, 0.15) is 29.3 Å². The summed E-state index contributed by atoms with van der Waals surface area (Å²) in [7, 11) is 0. The number of carbonyl (C=O) groups is 1. The highest BCUT2D eigenvalue weighted by molar-refractivity contribution is 5.88. The van der Waals surface area contributed by atoms with Crippen molar-refractivity contribution in [1.29, 1.82) is 0 Å². The second kappa shape index (κ2) is 4.00. The predicted octanol–water partition coefficient (Wildman–Crippen LogP) is 2.75. The summed E-state index contributed by atoms with van der Waals surface area (Å²) in [5.74, 6) is 0. The van der Waals surface area contributed by atoms with E-state index >= 15 is 0 Å². The summed E-state index contributed by atoms with van der Waals surface area (Å²) < 4.78 is 12.1. The third-order valence-corrected chi connectivity index (χ3v) is 1.72. The molecule has 0 saturated carbocycles. The van der Waals surface area contributed by atoms with Crippen LogP contribution in [0.25, 0.3) is 0 Å². The van der Waals surface area contributed by atoms with Crippen molar-refractivity contribution in [1.82, 2.24) is 0 Å². The average molecular weight is 166 g/mol. The van der Waals surface area contributed by atoms with Crippen LogP contribution in [0.5, 0.6) is 0 Å². The number of aryl methyl sites for hydroxylation is 1. The average Bonchev–Trinajstić information content (AvgIpc) is 2.06. The van der Waals surface area contributed by atoms with E-state index in [4.69, 9.17) is 0 Å². The Kier molecular flexibility index (Phi) is 2.97. The van der Waals surface area contributed by atoms with Crippen LogP contribution in [0, 0.1) is 0 Å². The van der Waals surface area contributed by atoms with Crippen LogP contribution in [-0.4, -0.2) is 6.04 Å². The molecule has 0 spiro atoms. The molecule has 12 heavy (non-hydrogen) atoms. The monoisotopic (exact) mass is 166 g/mol. The van der Waals surface area contributed by atoms with E-state index < -0.39 is 6.04 Å². The van der Waals surface area contributed by atoms with Crippen molar-refractivity contribution in [2.75, 3.05) is 0 Å². The van der Waals surface area contributed by atoms with Crippen LogP contribution in [0.3, 0.4) is 0 Å². The van der Waals surface area contributed by atoms with E-state index in [1.165, 1.54) is 12.1 Å². The fraction of sp³-hybridized carbons (Fsp3) is 0.300. The lowest BCUT2D eigenvalue weighted by Crippen LogP contribution is -1.90. The second-order valence-electron chi connectivity index (χ2n) is 2.72. The molecule has 0 heterocycles. The number of hydrogen-bond donors (Lipinski definition) is 0. The first-order valence-electron chi connectivity index (χ1n) is 4.03. The van der Waals surface area contributed by atoms with E-state index in [2.05, 4.69) is 6.92 Å². The summed E-state index contributed by atoms with van der Waals surface area (Å²) in [4.78, 5) is 10.2. The van der Waals surface area contributed by atoms with Gasteiger partial charge in [0.15, 0.2) is 0 Å². The minimum atomic E-state index is -1.36. The number of rotatable bonds is 3. The van der Waals surface area contributed by atoms with Crippen LogP contribution in [0.4, 0.5) is 4.39 Å². The van der Waals surface area contributed by atoms with Gasteiger partial charge in [0.05, 0.1) is 5.56 Å². The van der Waals surface area contributed by atoms with Gasteiger partial charge in [-0.15, -0.1) is 0 Å². The number of halogens is 1. The Bertz CT molecular complexity index is 264. The summed E-state index contributed by atoms with van der Waals surface area (Å²) in [5.41, 5.74) is 1.28. The Labute approximate surface area is 71.2 Å². The van der Waals surface area contributed by atoms with Crippen LogP contribution >= 0.6 is 0 Å². The Morgan fingerprint density at radius 3 is 2.33 bits per heavy atom. The molecule has 0 aliphatic carbocycles. The summed E-state index contributed by atoms with van der Waals surface area (Å²) in [5, 5.41) is 0. The van der Waals surface area contributed by atoms with E-state index in [0.717, 1.165) is 18.4 Å². The summed E-state index contributed by atoms with van der Waals surface area (Å²) in [6.45, 7) is 2.08. The molecule has 0 amide bonds. The third kappa shape index (κ3) is 2.16. The van der Waals surface area contributed by atoms with Gasteiger partial charge in [-0.2, -0.15) is 4.39 Å². The van der Waals surface area contributed by atoms with Gasteiger partial charge in [0.1, 0.15) is 0 Å². The van der Waals surface area contributed by atoms with Gasteiger partial charge in [-0.1, -0.05) is 25.5 Å². The maximum Gasteiger partial charge on any atom is 0.332 e. The topological polar surface area (TPSA) is 17.1 Å². The van der Waals surface area contributed by atoms with Crippen molar-refractivity contribution in [2.24, 2.45) is 0 Å². The maximum atomic E-state index is 12.1. The van der Waals surface area contributed by atoms with E-state index in [1.807, 2.05) is 0 Å². The minimum absolute atomic E-state index is 0.134. The fourth-order valence-electron chi connectivity index (χ4n) is 1.09. The summed E-state index contributed by atoms with van der Waals surface area (Å²) in [6.07, 6.45) is 2.03. The molecule has 1 nitrogen and oxygen atoms in total. The highest BCUT2D eigenvalue weighted by atomic mass is 19.1. The quantitative estimate of drug-likeness (QED) is 0.631. The molecule has 0 unspecified atom stereocenters. The van der Waals surface area contributed by atoms with Gasteiger partial charge >= 0.3 is 6.04 Å². The SMILES string of the molecule is CCCc1ccc(C(=O)F)cc1. The predicted molar refractivity (Wildman–Crippen MR) is 45.9 cm³/mol. The molecular weight excluding hydrogens is 155 g/mol. The molecule has 0 atom stereocenters. The minimum Gasteiger partial charge on any atom is -0.255 e. The van der Waals surface area contributed by atoms with Crippen LogP contribution < -0.4 is 0 Å². The molecule has 1 aromatic rings. The standard InChI is InChI=1S/C10H11FO/c1-2-3-8-4-6-9(7-5-8)10(11)12/h4-7H,2-3H2,1H3. The lowest BCUT2D eigenvalue weighted by molar-refractivity contribution is 0.0836. The van der Waals surface area contributed by atoms with Crippen LogP contribution in [-0.2, 0) is 6.42 Å². The zero-order valence-electron chi connectivity index (χ0n) is 7.01. The van der Waals surface area contributed by atoms with Crippen molar-refractivity contribution < 1.29 is 9.18 Å². The van der Waals surface area contributed by atoms with Gasteiger partial charge in [0, 0.05) is 0 Å². The van der Waals surface area contributed by atoms with Gasteiger partial charge in [0.25, 0.3) is 0 Å². The molecule has 0 radical (unpaired) electrons. The summed E-state index contributed by atoms with van der Waals surface area (Å²) >= 11 is 0. The van der Waals surface area contributed by atoms with Crippen molar-refractivity contribution in [3.05, 3.63) is 35.4 Å². The Morgan fingerprint density at radius 1 is 1.33 bits per heavy atom. The molecule has 64 valence electrons. The van der Waals surface area contributed by atoms with Gasteiger partial charge in [-0.3, -0.25) is 4.79 Å². The molecule has 0 aromatic heterocycles. The van der Waals surface area contributed by atoms with Crippen molar-refractivity contribution in [3.8, 4) is 0 Å². The van der Waals surface area contributed by atoms with E-state index in [-0.39, 0.29) is 5.56 Å². The van der Waals surface area contributed by atoms with Gasteiger partial charge in [0.2, 0.25) is 0 Å². The molecule has 0 bridgehead atoms. The molecule has 0 fully saturated rings. The van der Waals surface area contributed by atoms with E-state index in [1.54, 1.807) is 12.1 Å². The molecule has 1 rings (SSSR count). The zero-order chi connectivity index (χ0) is 8.97. The molecule has 0 N–H and O–H groups in total. The molecule has 1 aromatic carbocycles. The first-order valence-corrected chi connectivity index (χ1v) is 4.03. The van der Waals surface area contributed by atoms with Gasteiger partial charge in [-0.05, 0) is 24.1 Å². The first-order chi connectivity index (χ1) is 5.74. The second-order valence-corrected chi connectivity index (χ2v) is 2.72. The Morgan fingerprint density at radius 2 is 1.92 bits per heavy atom. The van der Waals surface area contributed by atoms with Crippen molar-refractivity contribution in [2.45, 2.75) is 19.8 Å². The van der Waals surface area contributed by atoms with E-state index in [9.17, 15) is 9.18 Å². The fourth-order valence-corrected chi connectivity index (χ4v) is 1.09. The first kappa shape index (κ1) is 8.91. The number of hydrogen-bond acceptors (Lipinski definition) is 1. The lowest BCUT2D eigenvalue weighted by atomic mass is 10.1. The highest BCUT2D eigenvalue weighted by Gasteiger charge is 2.01. The van der Waals surface area contributed by atoms with Gasteiger partial charge < -0.3 is 0 Å². The molecule has 2 heteroatoms. The van der Waals surface area contributed by atoms with Crippen molar-refractivity contribution in [3.63, 3.8) is 0 Å². The summed E-state index contributed by atoms with van der Waals surface area (Å²) in [6, 6.07) is 5.26. The van der Waals surface area contributed by atoms with Crippen molar-refractivity contribution >= 4 is 6.04 Å². The lowest BCUT2D eigenvalue weighted by Gasteiger charge is -1.97. The molecule has 0 saturated heterocycles. The van der Waals surface area contributed by atoms with E-state index in [0.29, 0.717) is 0 Å². The molecule has 0 aliphatic rings. The highest BCUT2D eigenvalue weighted by Crippen LogP contribution is 2.07. The van der Waals surface area contributed by atoms with Gasteiger partial charge in [-0.25, -0.2) is 0 Å². The largest absolute Gasteiger partial charge is 0.332 e. The molecule has 0 aliphatic heterocycles. The molecular formula is C10H11FO. The number of benzene rings is 1.